The number of rotatable bonds is 3. The van der Waals surface area contributed by atoms with Crippen LogP contribution in [0.15, 0.2) is 19.0 Å². The number of hydrogen-bond acceptors (Lipinski definition) is 8. The van der Waals surface area contributed by atoms with E-state index in [4.69, 9.17) is 16.9 Å². The third-order valence-corrected chi connectivity index (χ3v) is 3.95. The number of imidazole rings is 1. The molecule has 3 heterocycles. The van der Waals surface area contributed by atoms with E-state index in [9.17, 15) is 15.3 Å². The maximum atomic E-state index is 10.4. The fourth-order valence-electron chi connectivity index (χ4n) is 2.72. The summed E-state index contributed by atoms with van der Waals surface area (Å²) in [5.74, 6) is 1.15. The van der Waals surface area contributed by atoms with Crippen LogP contribution in [-0.2, 0) is 4.74 Å². The molecule has 0 bridgehead atoms. The zero-order valence-electron chi connectivity index (χ0n) is 12.0. The fraction of sp³-hybridized carbons (Fsp3) is 0.357. The number of anilines is 1. The largest absolute Gasteiger partial charge is 0.492 e. The number of ether oxygens (including phenoxy) is 1. The highest BCUT2D eigenvalue weighted by atomic mass is 16.6. The smallest absolute Gasteiger partial charge is 0.244 e. The maximum Gasteiger partial charge on any atom is 0.244 e. The molecule has 0 unspecified atom stereocenters. The molecule has 0 aromatic carbocycles. The van der Waals surface area contributed by atoms with Gasteiger partial charge in [0.05, 0.1) is 18.9 Å². The van der Waals surface area contributed by atoms with Gasteiger partial charge < -0.3 is 25.8 Å². The number of aromatic nitrogens is 4. The Bertz CT molecular complexity index is 813. The van der Waals surface area contributed by atoms with Crippen molar-refractivity contribution >= 4 is 17.1 Å². The minimum absolute atomic E-state index is 0.127. The molecule has 23 heavy (non-hydrogen) atoms. The van der Waals surface area contributed by atoms with Crippen molar-refractivity contribution in [3.63, 3.8) is 0 Å². The standard InChI is InChI=1S/C14H15N5O4/c1-3-7-9(21)14(4-2,5-20)23-12(7)19-6-16-8-10(19)17-13(15)18-11(8)22/h2-3,6-7,9,12,20-21H,1,5H2,(H3,15,17,18,22)/t7-,9-,12+,14+/m0/s1. The number of aliphatic hydroxyl groups excluding tert-OH is 2. The van der Waals surface area contributed by atoms with Crippen LogP contribution >= 0.6 is 0 Å². The molecule has 9 nitrogen and oxygen atoms in total. The maximum absolute atomic E-state index is 10.4. The van der Waals surface area contributed by atoms with Gasteiger partial charge in [-0.1, -0.05) is 12.0 Å². The molecule has 3 rings (SSSR count). The fourth-order valence-corrected chi connectivity index (χ4v) is 2.72. The van der Waals surface area contributed by atoms with Crippen LogP contribution in [0, 0.1) is 18.3 Å². The van der Waals surface area contributed by atoms with E-state index >= 15 is 0 Å². The molecule has 4 atom stereocenters. The van der Waals surface area contributed by atoms with Crippen LogP contribution in [0.4, 0.5) is 5.95 Å². The topological polar surface area (TPSA) is 140 Å². The Morgan fingerprint density at radius 1 is 1.57 bits per heavy atom. The predicted octanol–water partition coefficient (Wildman–Crippen LogP) is -0.830. The van der Waals surface area contributed by atoms with E-state index < -0.39 is 30.5 Å². The predicted molar refractivity (Wildman–Crippen MR) is 79.9 cm³/mol. The number of aromatic hydroxyl groups is 1. The number of hydrogen-bond donors (Lipinski definition) is 4. The van der Waals surface area contributed by atoms with Crippen molar-refractivity contribution in [3.05, 3.63) is 19.0 Å². The highest BCUT2D eigenvalue weighted by Crippen LogP contribution is 2.43. The van der Waals surface area contributed by atoms with Crippen LogP contribution < -0.4 is 5.73 Å². The van der Waals surface area contributed by atoms with Gasteiger partial charge in [0.1, 0.15) is 12.3 Å². The summed E-state index contributed by atoms with van der Waals surface area (Å²) in [6.45, 7) is 3.10. The first kappa shape index (κ1) is 15.2. The van der Waals surface area contributed by atoms with Crippen LogP contribution in [-0.4, -0.2) is 53.2 Å². The molecular weight excluding hydrogens is 302 g/mol. The summed E-state index contributed by atoms with van der Waals surface area (Å²) in [7, 11) is 0. The molecule has 9 heteroatoms. The summed E-state index contributed by atoms with van der Waals surface area (Å²) < 4.78 is 7.18. The normalized spacial score (nSPS) is 30.4. The summed E-state index contributed by atoms with van der Waals surface area (Å²) >= 11 is 0. The lowest BCUT2D eigenvalue weighted by Crippen LogP contribution is -2.43. The molecule has 0 amide bonds. The number of nitrogen functional groups attached to an aromatic ring is 1. The first-order chi connectivity index (χ1) is 11.0. The second-order valence-electron chi connectivity index (χ2n) is 5.19. The minimum Gasteiger partial charge on any atom is -0.492 e. The second kappa shape index (κ2) is 5.20. The summed E-state index contributed by atoms with van der Waals surface area (Å²) in [4.78, 5) is 11.7. The quantitative estimate of drug-likeness (QED) is 0.425. The first-order valence-electron chi connectivity index (χ1n) is 6.73. The Morgan fingerprint density at radius 2 is 2.30 bits per heavy atom. The zero-order chi connectivity index (χ0) is 16.8. The van der Waals surface area contributed by atoms with Crippen molar-refractivity contribution in [3.8, 4) is 18.2 Å². The number of fused-ring (bicyclic) bond motifs is 1. The van der Waals surface area contributed by atoms with Crippen LogP contribution in [0.5, 0.6) is 5.88 Å². The Hall–Kier alpha value is -2.67. The monoisotopic (exact) mass is 317 g/mol. The molecule has 0 saturated carbocycles. The van der Waals surface area contributed by atoms with E-state index in [1.54, 1.807) is 0 Å². The van der Waals surface area contributed by atoms with Gasteiger partial charge in [-0.05, 0) is 0 Å². The molecule has 1 fully saturated rings. The minimum atomic E-state index is -1.57. The van der Waals surface area contributed by atoms with Gasteiger partial charge in [0.15, 0.2) is 16.8 Å². The molecule has 5 N–H and O–H groups in total. The number of nitrogens with zero attached hydrogens (tertiary/aromatic N) is 4. The number of nitrogens with two attached hydrogens (primary N) is 1. The highest BCUT2D eigenvalue weighted by molar-refractivity contribution is 5.77. The van der Waals surface area contributed by atoms with E-state index in [0.717, 1.165) is 0 Å². The van der Waals surface area contributed by atoms with Gasteiger partial charge >= 0.3 is 0 Å². The van der Waals surface area contributed by atoms with Crippen molar-refractivity contribution < 1.29 is 20.1 Å². The van der Waals surface area contributed by atoms with Crippen molar-refractivity contribution in [2.75, 3.05) is 12.3 Å². The highest BCUT2D eigenvalue weighted by Gasteiger charge is 2.53. The van der Waals surface area contributed by atoms with Crippen LogP contribution in [0.1, 0.15) is 6.23 Å². The average Bonchev–Trinajstić information content (AvgIpc) is 3.06. The lowest BCUT2D eigenvalue weighted by atomic mass is 9.91. The van der Waals surface area contributed by atoms with Crippen molar-refractivity contribution in [1.29, 1.82) is 0 Å². The van der Waals surface area contributed by atoms with Gasteiger partial charge in [0.25, 0.3) is 0 Å². The van der Waals surface area contributed by atoms with E-state index in [0.29, 0.717) is 0 Å². The summed E-state index contributed by atoms with van der Waals surface area (Å²) in [6, 6.07) is 0. The molecule has 1 aliphatic heterocycles. The summed E-state index contributed by atoms with van der Waals surface area (Å²) in [5, 5.41) is 29.7. The van der Waals surface area contributed by atoms with Crippen LogP contribution in [0.3, 0.4) is 0 Å². The van der Waals surface area contributed by atoms with Crippen LogP contribution in [0.25, 0.3) is 11.2 Å². The van der Waals surface area contributed by atoms with Crippen molar-refractivity contribution in [2.45, 2.75) is 17.9 Å². The van der Waals surface area contributed by atoms with Gasteiger partial charge in [0.2, 0.25) is 11.8 Å². The van der Waals surface area contributed by atoms with Gasteiger partial charge in [-0.15, -0.1) is 13.0 Å². The van der Waals surface area contributed by atoms with Gasteiger partial charge in [-0.2, -0.15) is 9.97 Å². The Kier molecular flexibility index (Phi) is 3.45. The van der Waals surface area contributed by atoms with E-state index in [1.807, 2.05) is 0 Å². The molecule has 0 radical (unpaired) electrons. The molecule has 2 aromatic rings. The molecule has 1 saturated heterocycles. The third kappa shape index (κ3) is 2.04. The van der Waals surface area contributed by atoms with Crippen molar-refractivity contribution in [2.24, 2.45) is 5.92 Å². The lowest BCUT2D eigenvalue weighted by Gasteiger charge is -2.23. The molecule has 2 aromatic heterocycles. The third-order valence-electron chi connectivity index (χ3n) is 3.95. The molecule has 120 valence electrons. The summed E-state index contributed by atoms with van der Waals surface area (Å²) in [6.07, 6.45) is 6.25. The Balaban J connectivity index is 2.15. The van der Waals surface area contributed by atoms with Crippen molar-refractivity contribution in [1.82, 2.24) is 19.5 Å². The van der Waals surface area contributed by atoms with Crippen LogP contribution in [0.2, 0.25) is 0 Å². The zero-order valence-corrected chi connectivity index (χ0v) is 12.0. The molecule has 0 aliphatic carbocycles. The SMILES string of the molecule is C#C[C@]1(CO)O[C@@H](n2cnc3c(O)nc(N)nc32)[C@@H](C=C)[C@@H]1O. The molecular formula is C14H15N5O4. The lowest BCUT2D eigenvalue weighted by molar-refractivity contribution is -0.0895. The average molecular weight is 317 g/mol. The molecule has 0 spiro atoms. The first-order valence-corrected chi connectivity index (χ1v) is 6.73. The van der Waals surface area contributed by atoms with Gasteiger partial charge in [0, 0.05) is 0 Å². The number of aliphatic hydroxyl groups is 2. The van der Waals surface area contributed by atoms with E-state index in [-0.39, 0.29) is 23.0 Å². The Morgan fingerprint density at radius 3 is 2.91 bits per heavy atom. The van der Waals surface area contributed by atoms with E-state index in [1.165, 1.54) is 17.0 Å². The van der Waals surface area contributed by atoms with E-state index in [2.05, 4.69) is 27.5 Å². The Labute approximate surface area is 131 Å². The number of terminal acetylenes is 1. The van der Waals surface area contributed by atoms with Gasteiger partial charge in [-0.25, -0.2) is 4.98 Å². The molecule has 1 aliphatic rings. The summed E-state index contributed by atoms with van der Waals surface area (Å²) in [5.41, 5.74) is 4.32. The van der Waals surface area contributed by atoms with Gasteiger partial charge in [-0.3, -0.25) is 4.57 Å². The second-order valence-corrected chi connectivity index (χ2v) is 5.19.